The molecule has 88 valence electrons. The zero-order chi connectivity index (χ0) is 11.6. The van der Waals surface area contributed by atoms with Crippen molar-refractivity contribution in [2.24, 2.45) is 0 Å². The molecule has 0 bridgehead atoms. The molecule has 0 unspecified atom stereocenters. The van der Waals surface area contributed by atoms with E-state index in [9.17, 15) is 15.0 Å². The van der Waals surface area contributed by atoms with Crippen LogP contribution >= 0.6 is 12.6 Å². The highest BCUT2D eigenvalue weighted by molar-refractivity contribution is 7.96. The van der Waals surface area contributed by atoms with Gasteiger partial charge in [-0.2, -0.15) is 0 Å². The Morgan fingerprint density at radius 1 is 1.47 bits per heavy atom. The lowest BCUT2D eigenvalue weighted by Crippen LogP contribution is -2.40. The summed E-state index contributed by atoms with van der Waals surface area (Å²) >= 11 is 3.59. The molecule has 0 saturated carbocycles. The van der Waals surface area contributed by atoms with Gasteiger partial charge in [-0.25, -0.2) is 0 Å². The van der Waals surface area contributed by atoms with E-state index in [-0.39, 0.29) is 6.04 Å². The number of thiol groups is 1. The van der Waals surface area contributed by atoms with Crippen LogP contribution in [0.4, 0.5) is 0 Å². The van der Waals surface area contributed by atoms with E-state index in [0.717, 1.165) is 0 Å². The van der Waals surface area contributed by atoms with Crippen LogP contribution in [-0.2, 0) is 9.53 Å². The van der Waals surface area contributed by atoms with Gasteiger partial charge in [0.1, 0.15) is 12.2 Å². The van der Waals surface area contributed by atoms with Gasteiger partial charge in [0, 0.05) is 12.6 Å². The third kappa shape index (κ3) is 3.15. The molecule has 3 N–H and O–H groups in total. The summed E-state index contributed by atoms with van der Waals surface area (Å²) in [6, 6.07) is 0.253. The first-order valence-corrected chi connectivity index (χ1v) is 5.36. The molecule has 1 rings (SSSR count). The fourth-order valence-electron chi connectivity index (χ4n) is 1.47. The monoisotopic (exact) mass is 235 g/mol. The third-order valence-corrected chi connectivity index (χ3v) is 2.59. The molecule has 15 heavy (non-hydrogen) atoms. The second-order valence-corrected chi connectivity index (χ2v) is 4.42. The summed E-state index contributed by atoms with van der Waals surface area (Å²) in [6.07, 6.45) is -3.82. The first-order chi connectivity index (χ1) is 6.93. The smallest absolute Gasteiger partial charge is 0.217 e. The number of aliphatic hydroxyl groups excluding tert-OH is 2. The van der Waals surface area contributed by atoms with E-state index in [4.69, 9.17) is 4.74 Å². The van der Waals surface area contributed by atoms with E-state index >= 15 is 0 Å². The molecule has 1 saturated heterocycles. The topological polar surface area (TPSA) is 78.8 Å². The quantitative estimate of drug-likeness (QED) is 0.467. The Labute approximate surface area is 94.2 Å². The van der Waals surface area contributed by atoms with E-state index in [1.54, 1.807) is 0 Å². The minimum absolute atomic E-state index is 0.253. The predicted octanol–water partition coefficient (Wildman–Crippen LogP) is -1.07. The number of aliphatic hydroxyl groups is 2. The highest BCUT2D eigenvalue weighted by atomic mass is 32.1. The van der Waals surface area contributed by atoms with E-state index in [1.165, 1.54) is 0 Å². The van der Waals surface area contributed by atoms with E-state index in [2.05, 4.69) is 17.9 Å². The van der Waals surface area contributed by atoms with Gasteiger partial charge in [0.2, 0.25) is 5.12 Å². The van der Waals surface area contributed by atoms with Crippen molar-refractivity contribution < 1.29 is 19.7 Å². The summed E-state index contributed by atoms with van der Waals surface area (Å²) in [7, 11) is 0. The molecule has 1 aliphatic rings. The molecule has 4 atom stereocenters. The normalized spacial score (nSPS) is 36.1. The number of ether oxygens (including phenoxy) is 1. The molecule has 1 fully saturated rings. The standard InChI is InChI=1S/C9H17NO4S/c1-4(2)10-3-5-6(11)7(12)8(14-5)9(13)15/h4-8,10-12H,3H2,1-2H3,(H,13,15)/t5-,6-,7-,8+/m1/s1. The Kier molecular flexibility index (Phi) is 4.54. The molecule has 0 aromatic heterocycles. The van der Waals surface area contributed by atoms with Crippen LogP contribution in [0.3, 0.4) is 0 Å². The van der Waals surface area contributed by atoms with Crippen LogP contribution in [0.1, 0.15) is 13.8 Å². The van der Waals surface area contributed by atoms with Crippen molar-refractivity contribution in [2.75, 3.05) is 6.54 Å². The number of carbonyl (C=O) groups excluding carboxylic acids is 1. The maximum atomic E-state index is 10.9. The van der Waals surface area contributed by atoms with Gasteiger partial charge in [0.15, 0.2) is 6.10 Å². The number of hydrogen-bond acceptors (Lipinski definition) is 5. The van der Waals surface area contributed by atoms with Crippen LogP contribution in [0.15, 0.2) is 0 Å². The van der Waals surface area contributed by atoms with Gasteiger partial charge in [0.05, 0.1) is 6.10 Å². The average Bonchev–Trinajstić information content (AvgIpc) is 2.41. The van der Waals surface area contributed by atoms with Crippen molar-refractivity contribution >= 4 is 17.7 Å². The average molecular weight is 235 g/mol. The summed E-state index contributed by atoms with van der Waals surface area (Å²) in [5.41, 5.74) is 0. The molecule has 5 nitrogen and oxygen atoms in total. The highest BCUT2D eigenvalue weighted by Crippen LogP contribution is 2.22. The van der Waals surface area contributed by atoms with Gasteiger partial charge in [-0.3, -0.25) is 4.79 Å². The highest BCUT2D eigenvalue weighted by Gasteiger charge is 2.44. The number of nitrogens with one attached hydrogen (secondary N) is 1. The SMILES string of the molecule is CC(C)NC[C@H]1O[C@H](C(=O)S)[C@H](O)[C@@H]1O. The Hall–Kier alpha value is -0.140. The maximum Gasteiger partial charge on any atom is 0.217 e. The van der Waals surface area contributed by atoms with Crippen molar-refractivity contribution in [3.05, 3.63) is 0 Å². The van der Waals surface area contributed by atoms with Crippen molar-refractivity contribution in [1.82, 2.24) is 5.32 Å². The van der Waals surface area contributed by atoms with Crippen molar-refractivity contribution in [3.8, 4) is 0 Å². The molecule has 1 heterocycles. The summed E-state index contributed by atoms with van der Waals surface area (Å²) in [5.74, 6) is 0. The van der Waals surface area contributed by atoms with Gasteiger partial charge >= 0.3 is 0 Å². The minimum atomic E-state index is -1.19. The molecule has 6 heteroatoms. The Balaban J connectivity index is 2.51. The fraction of sp³-hybridized carbons (Fsp3) is 0.889. The van der Waals surface area contributed by atoms with Crippen molar-refractivity contribution in [1.29, 1.82) is 0 Å². The van der Waals surface area contributed by atoms with Crippen LogP contribution in [0.25, 0.3) is 0 Å². The van der Waals surface area contributed by atoms with Crippen molar-refractivity contribution in [2.45, 2.75) is 44.3 Å². The van der Waals surface area contributed by atoms with E-state index in [0.29, 0.717) is 6.54 Å². The zero-order valence-corrected chi connectivity index (χ0v) is 9.65. The second-order valence-electron chi connectivity index (χ2n) is 3.98. The largest absolute Gasteiger partial charge is 0.388 e. The summed E-state index contributed by atoms with van der Waals surface area (Å²) in [5, 5.41) is 21.6. The van der Waals surface area contributed by atoms with Gasteiger partial charge in [-0.15, -0.1) is 12.6 Å². The molecule has 1 aliphatic heterocycles. The van der Waals surface area contributed by atoms with Gasteiger partial charge < -0.3 is 20.3 Å². The van der Waals surface area contributed by atoms with E-state index < -0.39 is 29.5 Å². The number of carbonyl (C=O) groups is 1. The predicted molar refractivity (Wildman–Crippen MR) is 57.8 cm³/mol. The number of rotatable bonds is 4. The van der Waals surface area contributed by atoms with Crippen LogP contribution in [0, 0.1) is 0 Å². The number of hydrogen-bond donors (Lipinski definition) is 4. The third-order valence-electron chi connectivity index (χ3n) is 2.33. The van der Waals surface area contributed by atoms with Gasteiger partial charge in [-0.05, 0) is 0 Å². The summed E-state index contributed by atoms with van der Waals surface area (Å²) < 4.78 is 5.21. The fourth-order valence-corrected chi connectivity index (χ4v) is 1.69. The summed E-state index contributed by atoms with van der Waals surface area (Å²) in [4.78, 5) is 10.9. The Bertz CT molecular complexity index is 236. The maximum absolute atomic E-state index is 10.9. The molecular weight excluding hydrogens is 218 g/mol. The first kappa shape index (κ1) is 12.9. The zero-order valence-electron chi connectivity index (χ0n) is 8.75. The van der Waals surface area contributed by atoms with Crippen LogP contribution in [-0.4, -0.2) is 52.3 Å². The van der Waals surface area contributed by atoms with Crippen LogP contribution < -0.4 is 5.32 Å². The van der Waals surface area contributed by atoms with Gasteiger partial charge in [-0.1, -0.05) is 13.8 Å². The molecule has 0 radical (unpaired) electrons. The molecule has 0 spiro atoms. The second kappa shape index (κ2) is 5.27. The molecule has 0 amide bonds. The van der Waals surface area contributed by atoms with Crippen LogP contribution in [0.5, 0.6) is 0 Å². The minimum Gasteiger partial charge on any atom is -0.388 e. The summed E-state index contributed by atoms with van der Waals surface area (Å²) in [6.45, 7) is 4.31. The molecule has 0 aromatic carbocycles. The molecular formula is C9H17NO4S. The lowest BCUT2D eigenvalue weighted by Gasteiger charge is -2.16. The Morgan fingerprint density at radius 2 is 2.07 bits per heavy atom. The Morgan fingerprint density at radius 3 is 2.47 bits per heavy atom. The molecule has 0 aromatic rings. The lowest BCUT2D eigenvalue weighted by molar-refractivity contribution is -0.124. The van der Waals surface area contributed by atoms with Crippen molar-refractivity contribution in [3.63, 3.8) is 0 Å². The van der Waals surface area contributed by atoms with Crippen LogP contribution in [0.2, 0.25) is 0 Å². The van der Waals surface area contributed by atoms with Gasteiger partial charge in [0.25, 0.3) is 0 Å². The van der Waals surface area contributed by atoms with E-state index in [1.807, 2.05) is 13.8 Å². The molecule has 0 aliphatic carbocycles. The lowest BCUT2D eigenvalue weighted by atomic mass is 10.1. The first-order valence-electron chi connectivity index (χ1n) is 4.91.